The van der Waals surface area contributed by atoms with Gasteiger partial charge >= 0.3 is 0 Å². The Labute approximate surface area is 160 Å². The zero-order valence-corrected chi connectivity index (χ0v) is 15.7. The van der Waals surface area contributed by atoms with Gasteiger partial charge in [-0.1, -0.05) is 5.16 Å². The van der Waals surface area contributed by atoms with Crippen molar-refractivity contribution in [2.24, 2.45) is 10.7 Å². The predicted molar refractivity (Wildman–Crippen MR) is 97.8 cm³/mol. The van der Waals surface area contributed by atoms with Crippen LogP contribution < -0.4 is 11.1 Å². The van der Waals surface area contributed by atoms with E-state index in [4.69, 9.17) is 15.0 Å². The molecular formula is C15H18F2IN5O2. The number of rotatable bonds is 4. The zero-order chi connectivity index (χ0) is 17.1. The monoisotopic (exact) mass is 465 g/mol. The summed E-state index contributed by atoms with van der Waals surface area (Å²) < 4.78 is 37.5. The average Bonchev–Trinajstić information content (AvgIpc) is 3.17. The summed E-state index contributed by atoms with van der Waals surface area (Å²) in [5, 5.41) is 6.27. The van der Waals surface area contributed by atoms with Crippen LogP contribution in [-0.2, 0) is 4.74 Å². The molecule has 7 nitrogen and oxygen atoms in total. The van der Waals surface area contributed by atoms with E-state index in [9.17, 15) is 8.78 Å². The van der Waals surface area contributed by atoms with Gasteiger partial charge in [0.25, 0.3) is 5.89 Å². The fraction of sp³-hybridized carbons (Fsp3) is 0.400. The van der Waals surface area contributed by atoms with Gasteiger partial charge < -0.3 is 20.3 Å². The topological polar surface area (TPSA) is 98.6 Å². The Hall–Kier alpha value is -1.82. The van der Waals surface area contributed by atoms with E-state index in [1.54, 1.807) is 6.92 Å². The van der Waals surface area contributed by atoms with E-state index < -0.39 is 11.6 Å². The summed E-state index contributed by atoms with van der Waals surface area (Å²) in [4.78, 5) is 8.25. The molecule has 1 aromatic heterocycles. The average molecular weight is 465 g/mol. The highest BCUT2D eigenvalue weighted by atomic mass is 127. The van der Waals surface area contributed by atoms with Crippen molar-refractivity contribution in [1.82, 2.24) is 10.1 Å². The molecule has 0 bridgehead atoms. The molecule has 2 heterocycles. The van der Waals surface area contributed by atoms with Gasteiger partial charge in [-0.15, -0.1) is 24.0 Å². The van der Waals surface area contributed by atoms with Crippen molar-refractivity contribution in [2.45, 2.75) is 32.0 Å². The molecule has 0 aliphatic carbocycles. The second kappa shape index (κ2) is 8.52. The zero-order valence-electron chi connectivity index (χ0n) is 13.4. The molecule has 136 valence electrons. The summed E-state index contributed by atoms with van der Waals surface area (Å²) in [5.41, 5.74) is 5.64. The van der Waals surface area contributed by atoms with Crippen molar-refractivity contribution in [3.63, 3.8) is 0 Å². The Morgan fingerprint density at radius 1 is 1.40 bits per heavy atom. The number of nitrogens with zero attached hydrogens (tertiary/aromatic N) is 3. The summed E-state index contributed by atoms with van der Waals surface area (Å²) in [5.74, 6) is -0.185. The lowest BCUT2D eigenvalue weighted by molar-refractivity contribution is 0.0309. The smallest absolute Gasteiger partial charge is 0.255 e. The van der Waals surface area contributed by atoms with Crippen molar-refractivity contribution in [1.29, 1.82) is 0 Å². The van der Waals surface area contributed by atoms with Crippen LogP contribution in [0.5, 0.6) is 0 Å². The Balaban J connectivity index is 0.00000225. The maximum Gasteiger partial charge on any atom is 0.255 e. The molecule has 1 aliphatic rings. The standard InChI is InChI=1S/C15H17F2N5O2.HI/c1-8-20-14(24-22-8)13-5-3-10(23-13)7-19-15(18)21-12-6-9(16)2-4-11(12)17;/h2,4,6,10,13H,3,5,7H2,1H3,(H3,18,19,21);1H/t10-,13+;/m1./s1. The highest BCUT2D eigenvalue weighted by Gasteiger charge is 2.30. The van der Waals surface area contributed by atoms with Crippen molar-refractivity contribution >= 4 is 35.6 Å². The number of ether oxygens (including phenoxy) is 1. The minimum Gasteiger partial charge on any atom is -0.370 e. The van der Waals surface area contributed by atoms with Gasteiger partial charge in [-0.2, -0.15) is 4.98 Å². The van der Waals surface area contributed by atoms with Crippen molar-refractivity contribution in [2.75, 3.05) is 11.9 Å². The number of halogens is 3. The highest BCUT2D eigenvalue weighted by molar-refractivity contribution is 14.0. The molecule has 0 radical (unpaired) electrons. The number of aryl methyl sites for hydroxylation is 1. The molecule has 1 saturated heterocycles. The van der Waals surface area contributed by atoms with Gasteiger partial charge in [0.15, 0.2) is 11.8 Å². The maximum absolute atomic E-state index is 13.5. The summed E-state index contributed by atoms with van der Waals surface area (Å²) in [6.45, 7) is 2.03. The van der Waals surface area contributed by atoms with Gasteiger partial charge in [-0.05, 0) is 31.9 Å². The molecule has 2 atom stereocenters. The van der Waals surface area contributed by atoms with Gasteiger partial charge in [-0.3, -0.25) is 4.99 Å². The molecule has 0 spiro atoms. The SMILES string of the molecule is Cc1noc([C@@H]2CC[C@H](CN=C(N)Nc3cc(F)ccc3F)O2)n1.I. The molecular weight excluding hydrogens is 447 g/mol. The molecule has 0 unspecified atom stereocenters. The molecule has 2 aromatic rings. The van der Waals surface area contributed by atoms with Gasteiger partial charge in [-0.25, -0.2) is 8.78 Å². The van der Waals surface area contributed by atoms with Crippen molar-refractivity contribution in [3.05, 3.63) is 41.5 Å². The summed E-state index contributed by atoms with van der Waals surface area (Å²) in [6.07, 6.45) is 1.10. The Morgan fingerprint density at radius 2 is 2.20 bits per heavy atom. The normalized spacial score (nSPS) is 20.4. The minimum atomic E-state index is -0.613. The molecule has 3 rings (SSSR count). The third kappa shape index (κ3) is 5.08. The molecule has 1 aromatic carbocycles. The number of aromatic nitrogens is 2. The van der Waals surface area contributed by atoms with Crippen LogP contribution in [-0.4, -0.2) is 28.7 Å². The van der Waals surface area contributed by atoms with Crippen LogP contribution in [0.2, 0.25) is 0 Å². The predicted octanol–water partition coefficient (Wildman–Crippen LogP) is 2.92. The first-order valence-electron chi connectivity index (χ1n) is 7.49. The first-order valence-corrected chi connectivity index (χ1v) is 7.49. The number of hydrogen-bond donors (Lipinski definition) is 2. The van der Waals surface area contributed by atoms with E-state index in [-0.39, 0.29) is 47.8 Å². The Bertz CT molecular complexity index is 755. The lowest BCUT2D eigenvalue weighted by Crippen LogP contribution is -2.25. The van der Waals surface area contributed by atoms with E-state index in [2.05, 4.69) is 20.4 Å². The first kappa shape index (κ1) is 19.5. The number of nitrogens with two attached hydrogens (primary N) is 1. The minimum absolute atomic E-state index is 0. The summed E-state index contributed by atoms with van der Waals surface area (Å²) in [7, 11) is 0. The van der Waals surface area contributed by atoms with Crippen LogP contribution in [0.4, 0.5) is 14.5 Å². The third-order valence-electron chi connectivity index (χ3n) is 3.58. The Kier molecular flexibility index (Phi) is 6.64. The molecule has 25 heavy (non-hydrogen) atoms. The fourth-order valence-electron chi connectivity index (χ4n) is 2.44. The third-order valence-corrected chi connectivity index (χ3v) is 3.58. The van der Waals surface area contributed by atoms with E-state index in [1.807, 2.05) is 0 Å². The Morgan fingerprint density at radius 3 is 2.92 bits per heavy atom. The summed E-state index contributed by atoms with van der Waals surface area (Å²) >= 11 is 0. The molecule has 10 heteroatoms. The van der Waals surface area contributed by atoms with Gasteiger partial charge in [0.1, 0.15) is 17.7 Å². The van der Waals surface area contributed by atoms with Crippen LogP contribution in [0, 0.1) is 18.6 Å². The highest BCUT2D eigenvalue weighted by Crippen LogP contribution is 2.31. The number of nitrogens with one attached hydrogen (secondary N) is 1. The molecule has 1 aliphatic heterocycles. The van der Waals surface area contributed by atoms with E-state index >= 15 is 0 Å². The molecule has 0 amide bonds. The number of aliphatic imine (C=N–C) groups is 1. The first-order chi connectivity index (χ1) is 11.5. The van der Waals surface area contributed by atoms with Gasteiger partial charge in [0, 0.05) is 6.07 Å². The number of anilines is 1. The van der Waals surface area contributed by atoms with Gasteiger partial charge in [0.2, 0.25) is 0 Å². The van der Waals surface area contributed by atoms with Crippen LogP contribution in [0.25, 0.3) is 0 Å². The maximum atomic E-state index is 13.5. The van der Waals surface area contributed by atoms with E-state index in [1.165, 1.54) is 0 Å². The quantitative estimate of drug-likeness (QED) is 0.410. The van der Waals surface area contributed by atoms with Gasteiger partial charge in [0.05, 0.1) is 18.3 Å². The van der Waals surface area contributed by atoms with Crippen molar-refractivity contribution in [3.8, 4) is 0 Å². The lowest BCUT2D eigenvalue weighted by atomic mass is 10.2. The largest absolute Gasteiger partial charge is 0.370 e. The summed E-state index contributed by atoms with van der Waals surface area (Å²) in [6, 6.07) is 3.05. The van der Waals surface area contributed by atoms with Crippen LogP contribution >= 0.6 is 24.0 Å². The van der Waals surface area contributed by atoms with Crippen molar-refractivity contribution < 1.29 is 18.0 Å². The lowest BCUT2D eigenvalue weighted by Gasteiger charge is -2.10. The van der Waals surface area contributed by atoms with E-state index in [0.29, 0.717) is 18.3 Å². The van der Waals surface area contributed by atoms with Crippen LogP contribution in [0.15, 0.2) is 27.7 Å². The second-order valence-corrected chi connectivity index (χ2v) is 5.48. The van der Waals surface area contributed by atoms with Crippen LogP contribution in [0.1, 0.15) is 30.7 Å². The van der Waals surface area contributed by atoms with E-state index in [0.717, 1.165) is 31.0 Å². The molecule has 1 fully saturated rings. The van der Waals surface area contributed by atoms with Crippen LogP contribution in [0.3, 0.4) is 0 Å². The molecule has 0 saturated carbocycles. The number of benzene rings is 1. The second-order valence-electron chi connectivity index (χ2n) is 5.48. The number of hydrogen-bond acceptors (Lipinski definition) is 5. The number of guanidine groups is 1. The molecule has 3 N–H and O–H groups in total. The fourth-order valence-corrected chi connectivity index (χ4v) is 2.44.